The van der Waals surface area contributed by atoms with E-state index in [4.69, 9.17) is 0 Å². The van der Waals surface area contributed by atoms with Crippen molar-refractivity contribution in [2.75, 3.05) is 6.61 Å². The predicted molar refractivity (Wildman–Crippen MR) is 90.5 cm³/mol. The quantitative estimate of drug-likeness (QED) is 0.623. The Kier molecular flexibility index (Phi) is 5.65. The maximum Gasteiger partial charge on any atom is 0.165 e. The monoisotopic (exact) mass is 293 g/mol. The van der Waals surface area contributed by atoms with Gasteiger partial charge in [-0.15, -0.1) is 0 Å². The molecule has 3 rings (SSSR count). The molecule has 3 fully saturated rings. The van der Waals surface area contributed by atoms with E-state index in [9.17, 15) is 0 Å². The van der Waals surface area contributed by atoms with Crippen LogP contribution in [0.4, 0.5) is 0 Å². The zero-order valence-electron chi connectivity index (χ0n) is 14.4. The first-order chi connectivity index (χ1) is 10.3. The summed E-state index contributed by atoms with van der Waals surface area (Å²) < 4.78 is 4.68. The lowest BCUT2D eigenvalue weighted by molar-refractivity contribution is -0.261. The highest BCUT2D eigenvalue weighted by atomic mass is 16.5. The molecule has 1 N–H and O–H groups in total. The Morgan fingerprint density at radius 1 is 0.762 bits per heavy atom. The van der Waals surface area contributed by atoms with Gasteiger partial charge >= 0.3 is 0 Å². The smallest absolute Gasteiger partial charge is 0.165 e. The van der Waals surface area contributed by atoms with Crippen LogP contribution in [0.5, 0.6) is 0 Å². The first-order valence-electron chi connectivity index (χ1n) is 9.94. The molecule has 21 heavy (non-hydrogen) atoms. The number of aliphatic hydroxyl groups is 2. The second kappa shape index (κ2) is 7.49. The van der Waals surface area contributed by atoms with Crippen molar-refractivity contribution >= 4 is 0 Å². The van der Waals surface area contributed by atoms with Crippen LogP contribution < -0.4 is 0 Å². The molecule has 1 heteroatoms. The molecule has 2 saturated carbocycles. The summed E-state index contributed by atoms with van der Waals surface area (Å²) in [4.78, 5) is 0. The summed E-state index contributed by atoms with van der Waals surface area (Å²) in [6, 6.07) is 0. The summed E-state index contributed by atoms with van der Waals surface area (Å²) in [6.07, 6.45) is 17.2. The van der Waals surface area contributed by atoms with Crippen LogP contribution >= 0.6 is 0 Å². The van der Waals surface area contributed by atoms with E-state index in [1.807, 2.05) is 0 Å². The van der Waals surface area contributed by atoms with Crippen molar-refractivity contribution in [1.29, 1.82) is 0 Å². The van der Waals surface area contributed by atoms with Crippen molar-refractivity contribution < 1.29 is 4.74 Å². The van der Waals surface area contributed by atoms with Crippen molar-refractivity contribution in [3.63, 3.8) is 0 Å². The third-order valence-electron chi connectivity index (χ3n) is 7.10. The van der Waals surface area contributed by atoms with Gasteiger partial charge in [0.25, 0.3) is 0 Å². The van der Waals surface area contributed by atoms with Crippen LogP contribution in [-0.4, -0.2) is 17.4 Å². The number of ether oxygens (including phenoxy) is 1. The molecule has 0 aromatic carbocycles. The minimum absolute atomic E-state index is 0.731. The van der Waals surface area contributed by atoms with Crippen molar-refractivity contribution in [2.24, 2.45) is 29.6 Å². The van der Waals surface area contributed by atoms with Gasteiger partial charge in [0, 0.05) is 6.42 Å². The van der Waals surface area contributed by atoms with Gasteiger partial charge in [-0.25, -0.2) is 0 Å². The lowest BCUT2D eigenvalue weighted by Gasteiger charge is -2.42. The lowest BCUT2D eigenvalue weighted by Crippen LogP contribution is -2.48. The minimum Gasteiger partial charge on any atom is -0.431 e. The molecule has 0 aromatic heterocycles. The number of hydrogen-bond donors (Lipinski definition) is 0. The van der Waals surface area contributed by atoms with Gasteiger partial charge in [-0.1, -0.05) is 52.4 Å². The van der Waals surface area contributed by atoms with Gasteiger partial charge in [0.15, 0.2) is 12.7 Å². The van der Waals surface area contributed by atoms with Crippen LogP contribution in [0.25, 0.3) is 0 Å². The molecule has 2 aliphatic carbocycles. The fraction of sp³-hybridized carbons (Fsp3) is 1.00. The molecule has 3 aliphatic rings. The molecule has 1 heterocycles. The molecule has 0 bridgehead atoms. The van der Waals surface area contributed by atoms with Gasteiger partial charge in [0.2, 0.25) is 0 Å². The Labute approximate surface area is 132 Å². The van der Waals surface area contributed by atoms with Crippen molar-refractivity contribution in [2.45, 2.75) is 90.6 Å². The van der Waals surface area contributed by atoms with E-state index in [0.717, 1.165) is 35.7 Å². The molecule has 2 atom stereocenters. The topological polar surface area (TPSA) is 12.8 Å². The molecular weight excluding hydrogens is 256 g/mol. The van der Waals surface area contributed by atoms with E-state index >= 15 is 0 Å². The molecule has 0 radical (unpaired) electrons. The van der Waals surface area contributed by atoms with Gasteiger partial charge < -0.3 is 4.74 Å². The lowest BCUT2D eigenvalue weighted by atomic mass is 9.67. The van der Waals surface area contributed by atoms with Gasteiger partial charge in [0.05, 0.1) is 0 Å². The zero-order chi connectivity index (χ0) is 14.7. The minimum atomic E-state index is 0.731. The third kappa shape index (κ3) is 3.84. The summed E-state index contributed by atoms with van der Waals surface area (Å²) in [6.45, 7) is 5.97. The fourth-order valence-corrected chi connectivity index (χ4v) is 5.53. The second-order valence-corrected chi connectivity index (χ2v) is 8.41. The molecular formula is C20H37O+. The normalized spacial score (nSPS) is 45.4. The van der Waals surface area contributed by atoms with E-state index in [0.29, 0.717) is 0 Å². The standard InChI is InChI=1S/C20H36O/c1-3-20-19(14-21-20)18-12-10-17(11-13-18)16-8-4-6-15(2)7-5-9-16/h15-20H,3-14H2,1-2H3/p+1/t15?,16?,17?,18?,19?,20-/m0/s1. The van der Waals surface area contributed by atoms with Crippen LogP contribution in [0.2, 0.25) is 0 Å². The highest BCUT2D eigenvalue weighted by Crippen LogP contribution is 2.44. The van der Waals surface area contributed by atoms with Gasteiger partial charge in [-0.05, 0) is 49.4 Å². The molecule has 122 valence electrons. The van der Waals surface area contributed by atoms with Crippen molar-refractivity contribution in [3.8, 4) is 0 Å². The summed E-state index contributed by atoms with van der Waals surface area (Å²) in [5, 5.41) is 0. The maximum absolute atomic E-state index is 4.68. The van der Waals surface area contributed by atoms with Crippen LogP contribution in [-0.2, 0) is 0 Å². The van der Waals surface area contributed by atoms with Gasteiger partial charge in [-0.2, -0.15) is 0 Å². The Hall–Kier alpha value is -0.0400. The first-order valence-corrected chi connectivity index (χ1v) is 9.94. The Morgan fingerprint density at radius 3 is 1.86 bits per heavy atom. The fourth-order valence-electron chi connectivity index (χ4n) is 5.53. The van der Waals surface area contributed by atoms with Crippen LogP contribution in [0.1, 0.15) is 84.5 Å². The average Bonchev–Trinajstić information content (AvgIpc) is 2.43. The Morgan fingerprint density at radius 2 is 1.33 bits per heavy atom. The van der Waals surface area contributed by atoms with E-state index < -0.39 is 0 Å². The first kappa shape index (κ1) is 15.8. The summed E-state index contributed by atoms with van der Waals surface area (Å²) >= 11 is 0. The highest BCUT2D eigenvalue weighted by molar-refractivity contribution is 4.87. The molecule has 1 aliphatic heterocycles. The summed E-state index contributed by atoms with van der Waals surface area (Å²) in [7, 11) is 0. The third-order valence-corrected chi connectivity index (χ3v) is 7.10. The van der Waals surface area contributed by atoms with E-state index in [2.05, 4.69) is 18.6 Å². The van der Waals surface area contributed by atoms with Gasteiger partial charge in [-0.3, -0.25) is 0 Å². The predicted octanol–water partition coefficient (Wildman–Crippen LogP) is 5.34. The molecule has 1 saturated heterocycles. The van der Waals surface area contributed by atoms with Crippen molar-refractivity contribution in [3.05, 3.63) is 0 Å². The van der Waals surface area contributed by atoms with E-state index in [-0.39, 0.29) is 0 Å². The zero-order valence-corrected chi connectivity index (χ0v) is 14.4. The number of rotatable bonds is 3. The maximum atomic E-state index is 4.68. The summed E-state index contributed by atoms with van der Waals surface area (Å²) in [5.41, 5.74) is 0. The van der Waals surface area contributed by atoms with Crippen molar-refractivity contribution in [1.82, 2.24) is 0 Å². The molecule has 0 spiro atoms. The number of hydrogen-bond acceptors (Lipinski definition) is 0. The Bertz CT molecular complexity index is 293. The van der Waals surface area contributed by atoms with Crippen LogP contribution in [0.3, 0.4) is 0 Å². The van der Waals surface area contributed by atoms with E-state index in [1.54, 1.807) is 0 Å². The molecule has 1 unspecified atom stereocenters. The largest absolute Gasteiger partial charge is 0.431 e. The average molecular weight is 294 g/mol. The van der Waals surface area contributed by atoms with Crippen LogP contribution in [0, 0.1) is 29.6 Å². The SMILES string of the molecule is CC[C@@H]1[OH+]CC1C1CCC(C2CCCC(C)CCC2)CC1. The highest BCUT2D eigenvalue weighted by Gasteiger charge is 2.44. The van der Waals surface area contributed by atoms with Gasteiger partial charge in [0.1, 0.15) is 5.92 Å². The van der Waals surface area contributed by atoms with E-state index in [1.165, 1.54) is 77.2 Å². The summed E-state index contributed by atoms with van der Waals surface area (Å²) in [5.74, 6) is 5.14. The van der Waals surface area contributed by atoms with Crippen LogP contribution in [0.15, 0.2) is 0 Å². The molecule has 0 aromatic rings. The second-order valence-electron chi connectivity index (χ2n) is 8.41. The Balaban J connectivity index is 1.44. The molecule has 1 nitrogen and oxygen atoms in total. The molecule has 0 amide bonds.